The van der Waals surface area contributed by atoms with E-state index in [2.05, 4.69) is 16.3 Å². The van der Waals surface area contributed by atoms with E-state index in [4.69, 9.17) is 10.5 Å². The molecule has 1 saturated heterocycles. The molecule has 0 saturated carbocycles. The van der Waals surface area contributed by atoms with Crippen molar-refractivity contribution < 1.29 is 9.53 Å². The number of rotatable bonds is 5. The zero-order valence-electron chi connectivity index (χ0n) is 13.7. The molecule has 0 spiro atoms. The number of nitrogens with two attached hydrogens (primary N) is 1. The zero-order valence-corrected chi connectivity index (χ0v) is 13.7. The van der Waals surface area contributed by atoms with Crippen LogP contribution in [-0.2, 0) is 4.79 Å². The van der Waals surface area contributed by atoms with Crippen molar-refractivity contribution in [2.24, 2.45) is 11.7 Å². The van der Waals surface area contributed by atoms with Gasteiger partial charge < -0.3 is 20.7 Å². The van der Waals surface area contributed by atoms with Gasteiger partial charge in [0.2, 0.25) is 5.91 Å². The SMILES string of the molecule is COc1ccccc1N1CCC(NC(=O)C(C)C(C)N)CC1. The van der Waals surface area contributed by atoms with Crippen LogP contribution in [0.25, 0.3) is 0 Å². The number of anilines is 1. The van der Waals surface area contributed by atoms with Gasteiger partial charge in [0.25, 0.3) is 0 Å². The van der Waals surface area contributed by atoms with Gasteiger partial charge in [0.1, 0.15) is 5.75 Å². The zero-order chi connectivity index (χ0) is 16.1. The topological polar surface area (TPSA) is 67.6 Å². The number of ether oxygens (including phenoxy) is 1. The van der Waals surface area contributed by atoms with Crippen molar-refractivity contribution in [2.45, 2.75) is 38.8 Å². The van der Waals surface area contributed by atoms with Gasteiger partial charge in [-0.1, -0.05) is 19.1 Å². The lowest BCUT2D eigenvalue weighted by Crippen LogP contribution is -2.48. The Morgan fingerprint density at radius 2 is 1.95 bits per heavy atom. The average molecular weight is 305 g/mol. The lowest BCUT2D eigenvalue weighted by Gasteiger charge is -2.35. The van der Waals surface area contributed by atoms with Crippen molar-refractivity contribution in [1.82, 2.24) is 5.32 Å². The molecule has 5 heteroatoms. The van der Waals surface area contributed by atoms with Crippen molar-refractivity contribution in [2.75, 3.05) is 25.1 Å². The molecule has 0 bridgehead atoms. The van der Waals surface area contributed by atoms with Crippen molar-refractivity contribution >= 4 is 11.6 Å². The van der Waals surface area contributed by atoms with E-state index >= 15 is 0 Å². The molecule has 1 fully saturated rings. The molecular formula is C17H27N3O2. The van der Waals surface area contributed by atoms with Gasteiger partial charge in [-0.25, -0.2) is 0 Å². The number of hydrogen-bond donors (Lipinski definition) is 2. The van der Waals surface area contributed by atoms with Crippen molar-refractivity contribution in [3.8, 4) is 5.75 Å². The van der Waals surface area contributed by atoms with E-state index in [1.807, 2.05) is 32.0 Å². The maximum Gasteiger partial charge on any atom is 0.224 e. The predicted octanol–water partition coefficient (Wildman–Crippen LogP) is 1.76. The third-order valence-corrected chi connectivity index (χ3v) is 4.47. The summed E-state index contributed by atoms with van der Waals surface area (Å²) in [6.07, 6.45) is 1.88. The van der Waals surface area contributed by atoms with Gasteiger partial charge in [-0.05, 0) is 31.9 Å². The Bertz CT molecular complexity index is 496. The molecule has 0 aromatic heterocycles. The van der Waals surface area contributed by atoms with E-state index < -0.39 is 0 Å². The number of carbonyl (C=O) groups excluding carboxylic acids is 1. The van der Waals surface area contributed by atoms with Crippen LogP contribution in [0.5, 0.6) is 5.75 Å². The summed E-state index contributed by atoms with van der Waals surface area (Å²) in [4.78, 5) is 14.4. The molecule has 0 aliphatic carbocycles. The van der Waals surface area contributed by atoms with Crippen LogP contribution in [0.1, 0.15) is 26.7 Å². The van der Waals surface area contributed by atoms with Crippen LogP contribution < -0.4 is 20.7 Å². The molecule has 22 heavy (non-hydrogen) atoms. The summed E-state index contributed by atoms with van der Waals surface area (Å²) in [5.74, 6) is 0.813. The predicted molar refractivity (Wildman–Crippen MR) is 89.2 cm³/mol. The molecule has 1 aliphatic rings. The first-order valence-electron chi connectivity index (χ1n) is 7.97. The summed E-state index contributed by atoms with van der Waals surface area (Å²) in [6, 6.07) is 8.18. The highest BCUT2D eigenvalue weighted by Gasteiger charge is 2.25. The molecule has 122 valence electrons. The molecule has 5 nitrogen and oxygen atoms in total. The van der Waals surface area contributed by atoms with Crippen LogP contribution in [0.15, 0.2) is 24.3 Å². The Morgan fingerprint density at radius 1 is 1.32 bits per heavy atom. The molecule has 2 unspecified atom stereocenters. The molecule has 1 aliphatic heterocycles. The maximum atomic E-state index is 12.1. The third kappa shape index (κ3) is 3.91. The van der Waals surface area contributed by atoms with Gasteiger partial charge in [0.05, 0.1) is 12.8 Å². The number of methoxy groups -OCH3 is 1. The fourth-order valence-electron chi connectivity index (χ4n) is 2.73. The van der Waals surface area contributed by atoms with E-state index in [-0.39, 0.29) is 23.9 Å². The van der Waals surface area contributed by atoms with E-state index in [1.165, 1.54) is 0 Å². The van der Waals surface area contributed by atoms with Gasteiger partial charge in [-0.15, -0.1) is 0 Å². The Hall–Kier alpha value is -1.75. The quantitative estimate of drug-likeness (QED) is 0.870. The van der Waals surface area contributed by atoms with E-state index in [9.17, 15) is 4.79 Å². The van der Waals surface area contributed by atoms with Crippen molar-refractivity contribution in [3.05, 3.63) is 24.3 Å². The monoisotopic (exact) mass is 305 g/mol. The molecular weight excluding hydrogens is 278 g/mol. The minimum Gasteiger partial charge on any atom is -0.495 e. The fourth-order valence-corrected chi connectivity index (χ4v) is 2.73. The molecule has 1 aromatic carbocycles. The van der Waals surface area contributed by atoms with E-state index in [0.29, 0.717) is 0 Å². The smallest absolute Gasteiger partial charge is 0.224 e. The normalized spacial score (nSPS) is 18.6. The molecule has 1 aromatic rings. The Morgan fingerprint density at radius 3 is 2.55 bits per heavy atom. The van der Waals surface area contributed by atoms with Gasteiger partial charge in [-0.2, -0.15) is 0 Å². The van der Waals surface area contributed by atoms with E-state index in [1.54, 1.807) is 7.11 Å². The first kappa shape index (κ1) is 16.6. The summed E-state index contributed by atoms with van der Waals surface area (Å²) in [7, 11) is 1.70. The summed E-state index contributed by atoms with van der Waals surface area (Å²) < 4.78 is 5.42. The Kier molecular flexibility index (Phi) is 5.66. The fraction of sp³-hybridized carbons (Fsp3) is 0.588. The largest absolute Gasteiger partial charge is 0.495 e. The summed E-state index contributed by atoms with van der Waals surface area (Å²) in [6.45, 7) is 5.58. The third-order valence-electron chi connectivity index (χ3n) is 4.47. The minimum atomic E-state index is -0.146. The molecule has 0 radical (unpaired) electrons. The van der Waals surface area contributed by atoms with Crippen LogP contribution in [0.3, 0.4) is 0 Å². The van der Waals surface area contributed by atoms with Crippen LogP contribution >= 0.6 is 0 Å². The average Bonchev–Trinajstić information content (AvgIpc) is 2.54. The highest BCUT2D eigenvalue weighted by molar-refractivity contribution is 5.79. The molecule has 1 amide bonds. The van der Waals surface area contributed by atoms with Gasteiger partial charge >= 0.3 is 0 Å². The molecule has 2 atom stereocenters. The van der Waals surface area contributed by atoms with Crippen LogP contribution in [0.4, 0.5) is 5.69 Å². The van der Waals surface area contributed by atoms with Crippen LogP contribution in [0.2, 0.25) is 0 Å². The number of amides is 1. The Balaban J connectivity index is 1.89. The lowest BCUT2D eigenvalue weighted by atomic mass is 10.00. The number of hydrogen-bond acceptors (Lipinski definition) is 4. The summed E-state index contributed by atoms with van der Waals surface area (Å²) in [5.41, 5.74) is 6.91. The highest BCUT2D eigenvalue weighted by Crippen LogP contribution is 2.29. The number of piperidine rings is 1. The summed E-state index contributed by atoms with van der Waals surface area (Å²) >= 11 is 0. The highest BCUT2D eigenvalue weighted by atomic mass is 16.5. The first-order chi connectivity index (χ1) is 10.5. The lowest BCUT2D eigenvalue weighted by molar-refractivity contribution is -0.125. The van der Waals surface area contributed by atoms with Crippen molar-refractivity contribution in [3.63, 3.8) is 0 Å². The van der Waals surface area contributed by atoms with Crippen molar-refractivity contribution in [1.29, 1.82) is 0 Å². The van der Waals surface area contributed by atoms with Gasteiger partial charge in [0.15, 0.2) is 0 Å². The molecule has 3 N–H and O–H groups in total. The number of para-hydroxylation sites is 2. The number of nitrogens with one attached hydrogen (secondary N) is 1. The molecule has 1 heterocycles. The standard InChI is InChI=1S/C17H27N3O2/c1-12(13(2)18)17(21)19-14-8-10-20(11-9-14)15-6-4-5-7-16(15)22-3/h4-7,12-14H,8-11,18H2,1-3H3,(H,19,21). The van der Waals surface area contributed by atoms with Gasteiger partial charge in [0, 0.05) is 31.1 Å². The number of carbonyl (C=O) groups is 1. The van der Waals surface area contributed by atoms with Gasteiger partial charge in [-0.3, -0.25) is 4.79 Å². The molecule has 2 rings (SSSR count). The van der Waals surface area contributed by atoms with Crippen LogP contribution in [0, 0.1) is 5.92 Å². The van der Waals surface area contributed by atoms with E-state index in [0.717, 1.165) is 37.4 Å². The second-order valence-electron chi connectivity index (χ2n) is 6.09. The maximum absolute atomic E-state index is 12.1. The first-order valence-corrected chi connectivity index (χ1v) is 7.97. The Labute approximate surface area is 132 Å². The summed E-state index contributed by atoms with van der Waals surface area (Å²) in [5, 5.41) is 3.12. The number of nitrogens with zero attached hydrogens (tertiary/aromatic N) is 1. The second kappa shape index (κ2) is 7.49. The minimum absolute atomic E-state index is 0.0609. The number of benzene rings is 1. The van der Waals surface area contributed by atoms with Crippen LogP contribution in [-0.4, -0.2) is 38.2 Å². The second-order valence-corrected chi connectivity index (χ2v) is 6.09.